The van der Waals surface area contributed by atoms with Gasteiger partial charge in [-0.25, -0.2) is 4.98 Å². The molecule has 0 saturated carbocycles. The van der Waals surface area contributed by atoms with Crippen LogP contribution in [0, 0.1) is 0 Å². The number of piperazine rings is 1. The Balaban J connectivity index is 1.71. The zero-order valence-corrected chi connectivity index (χ0v) is 14.3. The maximum Gasteiger partial charge on any atom is 0.237 e. The molecule has 2 aliphatic heterocycles. The lowest BCUT2D eigenvalue weighted by Gasteiger charge is -2.34. The van der Waals surface area contributed by atoms with Crippen molar-refractivity contribution in [3.63, 3.8) is 0 Å². The van der Waals surface area contributed by atoms with E-state index in [-0.39, 0.29) is 11.9 Å². The highest BCUT2D eigenvalue weighted by Crippen LogP contribution is 2.32. The van der Waals surface area contributed by atoms with Crippen molar-refractivity contribution in [3.05, 3.63) is 10.0 Å². The van der Waals surface area contributed by atoms with Gasteiger partial charge in [-0.3, -0.25) is 9.69 Å². The number of rotatable bonds is 4. The largest absolute Gasteiger partial charge is 0.378 e. The van der Waals surface area contributed by atoms with Gasteiger partial charge in [-0.05, 0) is 6.42 Å². The molecule has 2 saturated heterocycles. The SMILES string of the molecule is CCC1C(=O)NCCN1Cc1sc(N2CCOCC2)nc1Cl. The van der Waals surface area contributed by atoms with Crippen LogP contribution in [0.15, 0.2) is 0 Å². The highest BCUT2D eigenvalue weighted by Gasteiger charge is 2.29. The summed E-state index contributed by atoms with van der Waals surface area (Å²) in [5.74, 6) is 0.114. The van der Waals surface area contributed by atoms with Gasteiger partial charge in [0.15, 0.2) is 5.13 Å². The molecule has 1 aromatic heterocycles. The Hall–Kier alpha value is -0.890. The minimum atomic E-state index is -0.0706. The van der Waals surface area contributed by atoms with E-state index in [0.29, 0.717) is 18.2 Å². The standard InChI is InChI=1S/C14H21ClN4O2S/c1-2-10-13(20)16-3-4-19(10)9-11-12(15)17-14(22-11)18-5-7-21-8-6-18/h10H,2-9H2,1H3,(H,16,20). The van der Waals surface area contributed by atoms with E-state index in [9.17, 15) is 4.79 Å². The van der Waals surface area contributed by atoms with Crippen LogP contribution >= 0.6 is 22.9 Å². The summed E-state index contributed by atoms with van der Waals surface area (Å²) in [5, 5.41) is 4.44. The summed E-state index contributed by atoms with van der Waals surface area (Å²) in [6, 6.07) is -0.0706. The van der Waals surface area contributed by atoms with Gasteiger partial charge in [0, 0.05) is 32.7 Å². The Morgan fingerprint density at radius 1 is 1.41 bits per heavy atom. The van der Waals surface area contributed by atoms with Crippen molar-refractivity contribution in [3.8, 4) is 0 Å². The van der Waals surface area contributed by atoms with Gasteiger partial charge >= 0.3 is 0 Å². The zero-order chi connectivity index (χ0) is 15.5. The molecule has 122 valence electrons. The normalized spacial score (nSPS) is 23.6. The molecule has 8 heteroatoms. The van der Waals surface area contributed by atoms with Crippen LogP contribution in [0.5, 0.6) is 0 Å². The Morgan fingerprint density at radius 2 is 2.18 bits per heavy atom. The molecule has 2 fully saturated rings. The van der Waals surface area contributed by atoms with Gasteiger partial charge < -0.3 is 15.0 Å². The molecule has 2 aliphatic rings. The molecule has 3 heterocycles. The second-order valence-corrected chi connectivity index (χ2v) is 6.92. The Bertz CT molecular complexity index is 533. The van der Waals surface area contributed by atoms with Crippen LogP contribution in [-0.4, -0.2) is 61.2 Å². The number of nitrogens with zero attached hydrogens (tertiary/aromatic N) is 3. The van der Waals surface area contributed by atoms with E-state index in [1.54, 1.807) is 11.3 Å². The second kappa shape index (κ2) is 7.12. The molecule has 0 radical (unpaired) electrons. The van der Waals surface area contributed by atoms with Crippen LogP contribution in [0.4, 0.5) is 5.13 Å². The smallest absolute Gasteiger partial charge is 0.237 e. The highest BCUT2D eigenvalue weighted by molar-refractivity contribution is 7.16. The first-order valence-electron chi connectivity index (χ1n) is 7.68. The number of amides is 1. The number of ether oxygens (including phenoxy) is 1. The van der Waals surface area contributed by atoms with Crippen molar-refractivity contribution >= 4 is 34.0 Å². The van der Waals surface area contributed by atoms with Gasteiger partial charge in [-0.15, -0.1) is 0 Å². The minimum Gasteiger partial charge on any atom is -0.378 e. The molecule has 6 nitrogen and oxygen atoms in total. The summed E-state index contributed by atoms with van der Waals surface area (Å²) < 4.78 is 5.37. The van der Waals surface area contributed by atoms with Crippen LogP contribution < -0.4 is 10.2 Å². The third-order valence-electron chi connectivity index (χ3n) is 4.10. The molecule has 0 aromatic carbocycles. The molecule has 0 spiro atoms. The molecule has 3 rings (SSSR count). The van der Waals surface area contributed by atoms with Crippen LogP contribution in [0.1, 0.15) is 18.2 Å². The topological polar surface area (TPSA) is 57.7 Å². The number of nitrogens with one attached hydrogen (secondary N) is 1. The van der Waals surface area contributed by atoms with Gasteiger partial charge in [0.2, 0.25) is 5.91 Å². The predicted molar refractivity (Wildman–Crippen MR) is 87.7 cm³/mol. The number of carbonyl (C=O) groups excluding carboxylic acids is 1. The summed E-state index contributed by atoms with van der Waals surface area (Å²) >= 11 is 7.95. The number of morpholine rings is 1. The number of hydrogen-bond acceptors (Lipinski definition) is 6. The maximum absolute atomic E-state index is 11.9. The third-order valence-corrected chi connectivity index (χ3v) is 5.62. The van der Waals surface area contributed by atoms with Crippen molar-refractivity contribution in [1.29, 1.82) is 0 Å². The number of aromatic nitrogens is 1. The Labute approximate surface area is 139 Å². The first-order chi connectivity index (χ1) is 10.7. The molecule has 1 amide bonds. The number of carbonyl (C=O) groups is 1. The molecule has 1 N–H and O–H groups in total. The van der Waals surface area contributed by atoms with Crippen molar-refractivity contribution in [2.75, 3.05) is 44.3 Å². The number of hydrogen-bond donors (Lipinski definition) is 1. The zero-order valence-electron chi connectivity index (χ0n) is 12.7. The second-order valence-electron chi connectivity index (χ2n) is 5.50. The molecular weight excluding hydrogens is 324 g/mol. The monoisotopic (exact) mass is 344 g/mol. The van der Waals surface area contributed by atoms with Crippen molar-refractivity contribution in [1.82, 2.24) is 15.2 Å². The summed E-state index contributed by atoms with van der Waals surface area (Å²) in [4.78, 5) is 21.9. The number of anilines is 1. The van der Waals surface area contributed by atoms with E-state index < -0.39 is 0 Å². The van der Waals surface area contributed by atoms with Crippen LogP contribution in [0.3, 0.4) is 0 Å². The van der Waals surface area contributed by atoms with E-state index in [1.807, 2.05) is 6.92 Å². The molecule has 1 atom stereocenters. The maximum atomic E-state index is 11.9. The summed E-state index contributed by atoms with van der Waals surface area (Å²) in [6.07, 6.45) is 0.804. The lowest BCUT2D eigenvalue weighted by atomic mass is 10.1. The third kappa shape index (κ3) is 3.37. The fourth-order valence-corrected chi connectivity index (χ4v) is 4.22. The van der Waals surface area contributed by atoms with Crippen molar-refractivity contribution in [2.45, 2.75) is 25.9 Å². The predicted octanol–water partition coefficient (Wildman–Crippen LogP) is 1.34. The fraction of sp³-hybridized carbons (Fsp3) is 0.714. The molecular formula is C14H21ClN4O2S. The van der Waals surface area contributed by atoms with Crippen LogP contribution in [0.2, 0.25) is 5.15 Å². The Kier molecular flexibility index (Phi) is 5.18. The minimum absolute atomic E-state index is 0.0706. The molecule has 1 aromatic rings. The average molecular weight is 345 g/mol. The summed E-state index contributed by atoms with van der Waals surface area (Å²) in [7, 11) is 0. The fourth-order valence-electron chi connectivity index (χ4n) is 2.89. The van der Waals surface area contributed by atoms with Crippen LogP contribution in [0.25, 0.3) is 0 Å². The lowest BCUT2D eigenvalue weighted by molar-refractivity contribution is -0.129. The molecule has 1 unspecified atom stereocenters. The van der Waals surface area contributed by atoms with Gasteiger partial charge in [0.05, 0.1) is 24.1 Å². The van der Waals surface area contributed by atoms with E-state index in [1.165, 1.54) is 0 Å². The lowest BCUT2D eigenvalue weighted by Crippen LogP contribution is -2.54. The molecule has 22 heavy (non-hydrogen) atoms. The van der Waals surface area contributed by atoms with Gasteiger partial charge in [-0.1, -0.05) is 29.9 Å². The molecule has 0 aliphatic carbocycles. The Morgan fingerprint density at radius 3 is 2.91 bits per heavy atom. The van der Waals surface area contributed by atoms with Gasteiger partial charge in [0.25, 0.3) is 0 Å². The van der Waals surface area contributed by atoms with E-state index >= 15 is 0 Å². The highest BCUT2D eigenvalue weighted by atomic mass is 35.5. The van der Waals surface area contributed by atoms with Gasteiger partial charge in [0.1, 0.15) is 5.15 Å². The summed E-state index contributed by atoms with van der Waals surface area (Å²) in [6.45, 7) is 7.45. The average Bonchev–Trinajstić information content (AvgIpc) is 2.90. The number of halogens is 1. The van der Waals surface area contributed by atoms with Crippen molar-refractivity contribution in [2.24, 2.45) is 0 Å². The van der Waals surface area contributed by atoms with Crippen LogP contribution in [-0.2, 0) is 16.1 Å². The quantitative estimate of drug-likeness (QED) is 0.893. The first kappa shape index (κ1) is 16.0. The number of thiazole rings is 1. The van der Waals surface area contributed by atoms with Gasteiger partial charge in [-0.2, -0.15) is 0 Å². The van der Waals surface area contributed by atoms with Crippen molar-refractivity contribution < 1.29 is 9.53 Å². The molecule has 0 bridgehead atoms. The summed E-state index contributed by atoms with van der Waals surface area (Å²) in [5.41, 5.74) is 0. The first-order valence-corrected chi connectivity index (χ1v) is 8.88. The van der Waals surface area contributed by atoms with E-state index in [0.717, 1.165) is 49.3 Å². The van der Waals surface area contributed by atoms with E-state index in [2.05, 4.69) is 20.1 Å². The van der Waals surface area contributed by atoms with E-state index in [4.69, 9.17) is 16.3 Å².